The number of halogens is 1. The van der Waals surface area contributed by atoms with Crippen molar-refractivity contribution in [3.63, 3.8) is 0 Å². The molecule has 1 aromatic carbocycles. The summed E-state index contributed by atoms with van der Waals surface area (Å²) >= 11 is 3.33. The highest BCUT2D eigenvalue weighted by Gasteiger charge is 2.39. The van der Waals surface area contributed by atoms with Gasteiger partial charge in [-0.15, -0.1) is 0 Å². The van der Waals surface area contributed by atoms with Crippen LogP contribution in [-0.4, -0.2) is 32.4 Å². The molecule has 0 aliphatic carbocycles. The Hall–Kier alpha value is -0.430. The Morgan fingerprint density at radius 1 is 1.47 bits per heavy atom. The molecular formula is C13H19BrN2O2S. The van der Waals surface area contributed by atoms with Gasteiger partial charge in [0.1, 0.15) is 0 Å². The first kappa shape index (κ1) is 15.0. The Balaban J connectivity index is 2.36. The topological polar surface area (TPSA) is 63.4 Å². The lowest BCUT2D eigenvalue weighted by Crippen LogP contribution is -2.34. The van der Waals surface area contributed by atoms with Crippen LogP contribution in [0.25, 0.3) is 0 Å². The SMILES string of the molecule is Cc1ccc(Br)c(S(=O)(=O)N2CCC(C)(CN)C2)c1. The average Bonchev–Trinajstić information content (AvgIpc) is 2.76. The van der Waals surface area contributed by atoms with E-state index in [4.69, 9.17) is 5.73 Å². The van der Waals surface area contributed by atoms with Gasteiger partial charge in [-0.1, -0.05) is 13.0 Å². The quantitative estimate of drug-likeness (QED) is 0.911. The van der Waals surface area contributed by atoms with E-state index in [2.05, 4.69) is 15.9 Å². The van der Waals surface area contributed by atoms with E-state index in [-0.39, 0.29) is 5.41 Å². The molecule has 1 aliphatic rings. The van der Waals surface area contributed by atoms with Crippen molar-refractivity contribution in [1.82, 2.24) is 4.31 Å². The largest absolute Gasteiger partial charge is 0.330 e. The molecule has 0 aromatic heterocycles. The van der Waals surface area contributed by atoms with Gasteiger partial charge in [0.15, 0.2) is 0 Å². The van der Waals surface area contributed by atoms with Gasteiger partial charge in [-0.2, -0.15) is 4.31 Å². The molecule has 0 bridgehead atoms. The van der Waals surface area contributed by atoms with Crippen molar-refractivity contribution in [3.8, 4) is 0 Å². The lowest BCUT2D eigenvalue weighted by atomic mass is 9.90. The highest BCUT2D eigenvalue weighted by atomic mass is 79.9. The van der Waals surface area contributed by atoms with E-state index in [1.54, 1.807) is 16.4 Å². The molecule has 2 N–H and O–H groups in total. The number of nitrogens with zero attached hydrogens (tertiary/aromatic N) is 1. The van der Waals surface area contributed by atoms with Crippen molar-refractivity contribution in [2.45, 2.75) is 25.2 Å². The van der Waals surface area contributed by atoms with Crippen LogP contribution in [0.5, 0.6) is 0 Å². The van der Waals surface area contributed by atoms with E-state index in [0.717, 1.165) is 12.0 Å². The molecule has 0 spiro atoms. The number of nitrogens with two attached hydrogens (primary N) is 1. The minimum atomic E-state index is -3.44. The lowest BCUT2D eigenvalue weighted by Gasteiger charge is -2.22. The zero-order chi connectivity index (χ0) is 14.3. The fourth-order valence-electron chi connectivity index (χ4n) is 2.30. The van der Waals surface area contributed by atoms with Gasteiger partial charge in [0.2, 0.25) is 10.0 Å². The van der Waals surface area contributed by atoms with E-state index in [1.165, 1.54) is 0 Å². The van der Waals surface area contributed by atoms with E-state index < -0.39 is 10.0 Å². The Morgan fingerprint density at radius 2 is 2.16 bits per heavy atom. The molecule has 0 saturated carbocycles. The van der Waals surface area contributed by atoms with Crippen LogP contribution in [0.15, 0.2) is 27.6 Å². The molecule has 1 aliphatic heterocycles. The van der Waals surface area contributed by atoms with Gasteiger partial charge in [0.05, 0.1) is 4.90 Å². The molecule has 1 heterocycles. The van der Waals surface area contributed by atoms with Gasteiger partial charge >= 0.3 is 0 Å². The van der Waals surface area contributed by atoms with Crippen molar-refractivity contribution in [2.24, 2.45) is 11.1 Å². The minimum Gasteiger partial charge on any atom is -0.330 e. The molecule has 2 rings (SSSR count). The summed E-state index contributed by atoms with van der Waals surface area (Å²) in [5.41, 5.74) is 6.56. The summed E-state index contributed by atoms with van der Waals surface area (Å²) in [6, 6.07) is 5.37. The zero-order valence-corrected chi connectivity index (χ0v) is 13.6. The highest BCUT2D eigenvalue weighted by molar-refractivity contribution is 9.10. The second-order valence-electron chi connectivity index (χ2n) is 5.54. The zero-order valence-electron chi connectivity index (χ0n) is 11.2. The van der Waals surface area contributed by atoms with Crippen LogP contribution in [-0.2, 0) is 10.0 Å². The molecular weight excluding hydrogens is 328 g/mol. The predicted octanol–water partition coefficient (Wildman–Crippen LogP) is 2.12. The number of rotatable bonds is 3. The fraction of sp³-hybridized carbons (Fsp3) is 0.538. The maximum absolute atomic E-state index is 12.7. The minimum absolute atomic E-state index is 0.108. The van der Waals surface area contributed by atoms with Crippen LogP contribution in [0, 0.1) is 12.3 Å². The lowest BCUT2D eigenvalue weighted by molar-refractivity contribution is 0.349. The van der Waals surface area contributed by atoms with E-state index in [0.29, 0.717) is 29.0 Å². The van der Waals surface area contributed by atoms with Gasteiger partial charge in [-0.25, -0.2) is 8.42 Å². The monoisotopic (exact) mass is 346 g/mol. The number of sulfonamides is 1. The number of benzene rings is 1. The summed E-state index contributed by atoms with van der Waals surface area (Å²) in [7, 11) is -3.44. The average molecular weight is 347 g/mol. The van der Waals surface area contributed by atoms with Crippen molar-refractivity contribution in [3.05, 3.63) is 28.2 Å². The van der Waals surface area contributed by atoms with Crippen molar-refractivity contribution in [1.29, 1.82) is 0 Å². The van der Waals surface area contributed by atoms with Crippen molar-refractivity contribution < 1.29 is 8.42 Å². The molecule has 19 heavy (non-hydrogen) atoms. The normalized spacial score (nSPS) is 24.8. The highest BCUT2D eigenvalue weighted by Crippen LogP contribution is 2.34. The van der Waals surface area contributed by atoms with Crippen molar-refractivity contribution in [2.75, 3.05) is 19.6 Å². The maximum atomic E-state index is 12.7. The summed E-state index contributed by atoms with van der Waals surface area (Å²) in [5.74, 6) is 0. The first-order chi connectivity index (χ1) is 8.78. The van der Waals surface area contributed by atoms with Crippen LogP contribution >= 0.6 is 15.9 Å². The second kappa shape index (κ2) is 5.16. The third-order valence-electron chi connectivity index (χ3n) is 3.72. The van der Waals surface area contributed by atoms with Gasteiger partial charge < -0.3 is 5.73 Å². The Kier molecular flexibility index (Phi) is 4.07. The van der Waals surface area contributed by atoms with E-state index in [1.807, 2.05) is 19.9 Å². The van der Waals surface area contributed by atoms with Crippen molar-refractivity contribution >= 4 is 26.0 Å². The summed E-state index contributed by atoms with van der Waals surface area (Å²) in [6.07, 6.45) is 0.812. The van der Waals surface area contributed by atoms with Crippen LogP contribution in [0.4, 0.5) is 0 Å². The van der Waals surface area contributed by atoms with Crippen LogP contribution in [0.1, 0.15) is 18.9 Å². The third-order valence-corrected chi connectivity index (χ3v) is 6.56. The smallest absolute Gasteiger partial charge is 0.244 e. The molecule has 1 atom stereocenters. The van der Waals surface area contributed by atoms with E-state index in [9.17, 15) is 8.42 Å². The summed E-state index contributed by atoms with van der Waals surface area (Å²) in [4.78, 5) is 0.341. The molecule has 1 unspecified atom stereocenters. The first-order valence-electron chi connectivity index (χ1n) is 6.25. The predicted molar refractivity (Wildman–Crippen MR) is 79.4 cm³/mol. The first-order valence-corrected chi connectivity index (χ1v) is 8.48. The van der Waals surface area contributed by atoms with Gasteiger partial charge in [0, 0.05) is 17.6 Å². The molecule has 0 radical (unpaired) electrons. The van der Waals surface area contributed by atoms with Crippen LogP contribution < -0.4 is 5.73 Å². The molecule has 6 heteroatoms. The van der Waals surface area contributed by atoms with Crippen LogP contribution in [0.2, 0.25) is 0 Å². The molecule has 4 nitrogen and oxygen atoms in total. The molecule has 1 fully saturated rings. The van der Waals surface area contributed by atoms with E-state index >= 15 is 0 Å². The molecule has 1 aromatic rings. The molecule has 1 saturated heterocycles. The standard InChI is InChI=1S/C13H19BrN2O2S/c1-10-3-4-11(14)12(7-10)19(17,18)16-6-5-13(2,8-15)9-16/h3-4,7H,5-6,8-9,15H2,1-2H3. The second-order valence-corrected chi connectivity index (χ2v) is 8.30. The Labute approximate surface area is 123 Å². The van der Waals surface area contributed by atoms with Gasteiger partial charge in [-0.3, -0.25) is 0 Å². The van der Waals surface area contributed by atoms with Gasteiger partial charge in [0.25, 0.3) is 0 Å². The summed E-state index contributed by atoms with van der Waals surface area (Å²) in [6.45, 7) is 5.46. The maximum Gasteiger partial charge on any atom is 0.244 e. The molecule has 0 amide bonds. The van der Waals surface area contributed by atoms with Gasteiger partial charge in [-0.05, 0) is 58.9 Å². The number of hydrogen-bond donors (Lipinski definition) is 1. The number of aryl methyl sites for hydroxylation is 1. The summed E-state index contributed by atoms with van der Waals surface area (Å²) < 4.78 is 27.5. The fourth-order valence-corrected chi connectivity index (χ4v) is 4.90. The third kappa shape index (κ3) is 2.86. The molecule has 106 valence electrons. The Bertz CT molecular complexity index is 588. The summed E-state index contributed by atoms with van der Waals surface area (Å²) in [5, 5.41) is 0. The number of hydrogen-bond acceptors (Lipinski definition) is 3. The Morgan fingerprint density at radius 3 is 2.74 bits per heavy atom. The van der Waals surface area contributed by atoms with Crippen LogP contribution in [0.3, 0.4) is 0 Å².